The molecule has 1 heterocycles. The Morgan fingerprint density at radius 1 is 1.42 bits per heavy atom. The number of esters is 1. The minimum absolute atomic E-state index is 0.0839. The van der Waals surface area contributed by atoms with Gasteiger partial charge in [0.2, 0.25) is 0 Å². The van der Waals surface area contributed by atoms with Gasteiger partial charge in [0, 0.05) is 6.42 Å². The minimum atomic E-state index is -0.924. The zero-order valence-corrected chi connectivity index (χ0v) is 10.3. The van der Waals surface area contributed by atoms with Gasteiger partial charge in [-0.3, -0.25) is 4.79 Å². The van der Waals surface area contributed by atoms with E-state index in [4.69, 9.17) is 9.47 Å². The SMILES string of the molecule is CC1(CC(=O)Oc2ccc(F)cc2)CCOC(=O)O1. The first-order chi connectivity index (χ1) is 8.97. The second-order valence-corrected chi connectivity index (χ2v) is 4.51. The van der Waals surface area contributed by atoms with E-state index < -0.39 is 23.5 Å². The standard InChI is InChI=1S/C13H13FO5/c1-13(6-7-17-12(16)19-13)8-11(15)18-10-4-2-9(14)3-5-10/h2-5H,6-8H2,1H3. The van der Waals surface area contributed by atoms with E-state index >= 15 is 0 Å². The van der Waals surface area contributed by atoms with E-state index in [1.165, 1.54) is 24.3 Å². The molecule has 0 spiro atoms. The summed E-state index contributed by atoms with van der Waals surface area (Å²) >= 11 is 0. The van der Waals surface area contributed by atoms with E-state index in [0.29, 0.717) is 6.42 Å². The predicted molar refractivity (Wildman–Crippen MR) is 62.1 cm³/mol. The van der Waals surface area contributed by atoms with Gasteiger partial charge in [0.15, 0.2) is 0 Å². The molecule has 1 aliphatic heterocycles. The van der Waals surface area contributed by atoms with Gasteiger partial charge in [-0.15, -0.1) is 0 Å². The molecule has 0 saturated carbocycles. The molecule has 19 heavy (non-hydrogen) atoms. The van der Waals surface area contributed by atoms with Gasteiger partial charge in [-0.05, 0) is 31.2 Å². The van der Waals surface area contributed by atoms with Crippen LogP contribution in [0, 0.1) is 5.82 Å². The molecule has 5 nitrogen and oxygen atoms in total. The molecule has 1 atom stereocenters. The van der Waals surface area contributed by atoms with Gasteiger partial charge >= 0.3 is 12.1 Å². The average Bonchev–Trinajstić information content (AvgIpc) is 2.31. The maximum Gasteiger partial charge on any atom is 0.508 e. The second-order valence-electron chi connectivity index (χ2n) is 4.51. The van der Waals surface area contributed by atoms with Crippen molar-refractivity contribution in [1.82, 2.24) is 0 Å². The molecule has 0 N–H and O–H groups in total. The molecule has 1 aromatic carbocycles. The van der Waals surface area contributed by atoms with Gasteiger partial charge in [0.1, 0.15) is 17.2 Å². The third-order valence-electron chi connectivity index (χ3n) is 2.74. The van der Waals surface area contributed by atoms with Gasteiger partial charge in [-0.2, -0.15) is 0 Å². The lowest BCUT2D eigenvalue weighted by molar-refractivity contribution is -0.143. The maximum atomic E-state index is 12.7. The number of benzene rings is 1. The topological polar surface area (TPSA) is 61.8 Å². The second kappa shape index (κ2) is 5.26. The fraction of sp³-hybridized carbons (Fsp3) is 0.385. The maximum absolute atomic E-state index is 12.7. The minimum Gasteiger partial charge on any atom is -0.434 e. The summed E-state index contributed by atoms with van der Waals surface area (Å²) in [5.41, 5.74) is -0.924. The lowest BCUT2D eigenvalue weighted by Crippen LogP contribution is -2.41. The van der Waals surface area contributed by atoms with E-state index in [1.54, 1.807) is 6.92 Å². The van der Waals surface area contributed by atoms with Crippen molar-refractivity contribution in [1.29, 1.82) is 0 Å². The predicted octanol–water partition coefficient (Wildman–Crippen LogP) is 2.44. The highest BCUT2D eigenvalue weighted by Crippen LogP contribution is 2.26. The summed E-state index contributed by atoms with van der Waals surface area (Å²) in [6.45, 7) is 1.85. The summed E-state index contributed by atoms with van der Waals surface area (Å²) < 4.78 is 27.3. The van der Waals surface area contributed by atoms with Crippen LogP contribution >= 0.6 is 0 Å². The third kappa shape index (κ3) is 3.67. The monoisotopic (exact) mass is 268 g/mol. The van der Waals surface area contributed by atoms with Crippen molar-refractivity contribution in [2.24, 2.45) is 0 Å². The smallest absolute Gasteiger partial charge is 0.434 e. The zero-order chi connectivity index (χ0) is 13.9. The summed E-state index contributed by atoms with van der Waals surface area (Å²) in [5, 5.41) is 0. The number of hydrogen-bond acceptors (Lipinski definition) is 5. The summed E-state index contributed by atoms with van der Waals surface area (Å²) in [6, 6.07) is 5.09. The van der Waals surface area contributed by atoms with Crippen molar-refractivity contribution in [3.8, 4) is 5.75 Å². The van der Waals surface area contributed by atoms with Crippen LogP contribution in [-0.4, -0.2) is 24.3 Å². The summed E-state index contributed by atoms with van der Waals surface area (Å²) in [5.74, 6) is -0.720. The van der Waals surface area contributed by atoms with Crippen LogP contribution in [0.5, 0.6) is 5.75 Å². The van der Waals surface area contributed by atoms with E-state index in [0.717, 1.165) is 0 Å². The normalized spacial score (nSPS) is 22.3. The molecule has 0 aliphatic carbocycles. The molecule has 102 valence electrons. The fourth-order valence-corrected chi connectivity index (χ4v) is 1.73. The molecular formula is C13H13FO5. The Hall–Kier alpha value is -2.11. The molecule has 1 unspecified atom stereocenters. The molecule has 1 aromatic rings. The number of hydrogen-bond donors (Lipinski definition) is 0. The lowest BCUT2D eigenvalue weighted by atomic mass is 9.98. The average molecular weight is 268 g/mol. The van der Waals surface area contributed by atoms with Crippen LogP contribution in [-0.2, 0) is 14.3 Å². The molecule has 1 saturated heterocycles. The Kier molecular flexibility index (Phi) is 3.69. The highest BCUT2D eigenvalue weighted by Gasteiger charge is 2.36. The summed E-state index contributed by atoms with van der Waals surface area (Å²) in [7, 11) is 0. The molecular weight excluding hydrogens is 255 g/mol. The zero-order valence-electron chi connectivity index (χ0n) is 10.3. The first kappa shape index (κ1) is 13.3. The van der Waals surface area contributed by atoms with Crippen molar-refractivity contribution in [2.75, 3.05) is 6.61 Å². The van der Waals surface area contributed by atoms with Crippen LogP contribution in [0.4, 0.5) is 9.18 Å². The molecule has 0 radical (unpaired) electrons. The summed E-state index contributed by atoms with van der Waals surface area (Å²) in [6.07, 6.45) is -0.458. The van der Waals surface area contributed by atoms with Crippen molar-refractivity contribution in [3.63, 3.8) is 0 Å². The largest absolute Gasteiger partial charge is 0.508 e. The van der Waals surface area contributed by atoms with Crippen LogP contribution in [0.25, 0.3) is 0 Å². The van der Waals surface area contributed by atoms with Crippen molar-refractivity contribution >= 4 is 12.1 Å². The van der Waals surface area contributed by atoms with E-state index in [2.05, 4.69) is 4.74 Å². The molecule has 2 rings (SSSR count). The van der Waals surface area contributed by atoms with Crippen LogP contribution in [0.2, 0.25) is 0 Å². The lowest BCUT2D eigenvalue weighted by Gasteiger charge is -2.31. The molecule has 0 amide bonds. The molecule has 1 fully saturated rings. The molecule has 6 heteroatoms. The Morgan fingerprint density at radius 2 is 2.11 bits per heavy atom. The number of carbonyl (C=O) groups is 2. The molecule has 0 bridgehead atoms. The highest BCUT2D eigenvalue weighted by molar-refractivity contribution is 5.74. The Morgan fingerprint density at radius 3 is 2.74 bits per heavy atom. The summed E-state index contributed by atoms with van der Waals surface area (Å²) in [4.78, 5) is 22.7. The van der Waals surface area contributed by atoms with E-state index in [1.807, 2.05) is 0 Å². The van der Waals surface area contributed by atoms with Crippen LogP contribution in [0.3, 0.4) is 0 Å². The Labute approximate surface area is 109 Å². The third-order valence-corrected chi connectivity index (χ3v) is 2.74. The molecule has 0 aromatic heterocycles. The fourth-order valence-electron chi connectivity index (χ4n) is 1.73. The van der Waals surface area contributed by atoms with E-state index in [-0.39, 0.29) is 18.8 Å². The number of carbonyl (C=O) groups excluding carboxylic acids is 2. The number of cyclic esters (lactones) is 2. The quantitative estimate of drug-likeness (QED) is 0.622. The van der Waals surface area contributed by atoms with Crippen LogP contribution < -0.4 is 4.74 Å². The van der Waals surface area contributed by atoms with Crippen LogP contribution in [0.1, 0.15) is 19.8 Å². The van der Waals surface area contributed by atoms with Gasteiger partial charge in [-0.25, -0.2) is 9.18 Å². The van der Waals surface area contributed by atoms with Gasteiger partial charge < -0.3 is 14.2 Å². The van der Waals surface area contributed by atoms with E-state index in [9.17, 15) is 14.0 Å². The van der Waals surface area contributed by atoms with Gasteiger partial charge in [0.05, 0.1) is 13.0 Å². The first-order valence-electron chi connectivity index (χ1n) is 5.79. The molecule has 1 aliphatic rings. The van der Waals surface area contributed by atoms with Crippen molar-refractivity contribution in [3.05, 3.63) is 30.1 Å². The highest BCUT2D eigenvalue weighted by atomic mass is 19.1. The number of ether oxygens (including phenoxy) is 3. The van der Waals surface area contributed by atoms with Crippen molar-refractivity contribution < 1.29 is 28.2 Å². The Balaban J connectivity index is 1.93. The number of rotatable bonds is 3. The first-order valence-corrected chi connectivity index (χ1v) is 5.79. The van der Waals surface area contributed by atoms with Crippen molar-refractivity contribution in [2.45, 2.75) is 25.4 Å². The van der Waals surface area contributed by atoms with Gasteiger partial charge in [-0.1, -0.05) is 0 Å². The Bertz CT molecular complexity index is 484. The van der Waals surface area contributed by atoms with Crippen LogP contribution in [0.15, 0.2) is 24.3 Å². The number of halogens is 1. The van der Waals surface area contributed by atoms with Gasteiger partial charge in [0.25, 0.3) is 0 Å².